The Morgan fingerprint density at radius 1 is 1.12 bits per heavy atom. The highest BCUT2D eigenvalue weighted by Crippen LogP contribution is 2.32. The van der Waals surface area contributed by atoms with Gasteiger partial charge in [0, 0.05) is 18.4 Å². The maximum absolute atomic E-state index is 5.38. The molecule has 4 nitrogen and oxygen atoms in total. The summed E-state index contributed by atoms with van der Waals surface area (Å²) in [6, 6.07) is 0.542. The van der Waals surface area contributed by atoms with Crippen LogP contribution in [0, 0.1) is 0 Å². The van der Waals surface area contributed by atoms with E-state index in [0.717, 1.165) is 24.7 Å². The van der Waals surface area contributed by atoms with Gasteiger partial charge in [0.15, 0.2) is 5.82 Å². The van der Waals surface area contributed by atoms with Crippen molar-refractivity contribution in [3.8, 4) is 0 Å². The molecule has 1 aliphatic carbocycles. The van der Waals surface area contributed by atoms with Crippen molar-refractivity contribution in [3.05, 3.63) is 11.7 Å². The molecule has 0 bridgehead atoms. The van der Waals surface area contributed by atoms with Crippen LogP contribution in [0.5, 0.6) is 0 Å². The molecule has 1 atom stereocenters. The molecule has 1 N–H and O–H groups in total. The van der Waals surface area contributed by atoms with Gasteiger partial charge in [0.05, 0.1) is 0 Å². The predicted molar refractivity (Wildman–Crippen MR) is 64.9 cm³/mol. The summed E-state index contributed by atoms with van der Waals surface area (Å²) in [5.74, 6) is 2.34. The molecule has 0 aromatic carbocycles. The zero-order valence-corrected chi connectivity index (χ0v) is 10.3. The molecule has 2 aliphatic rings. The molecule has 1 aliphatic heterocycles. The quantitative estimate of drug-likeness (QED) is 0.874. The van der Waals surface area contributed by atoms with E-state index in [4.69, 9.17) is 4.52 Å². The van der Waals surface area contributed by atoms with Crippen LogP contribution >= 0.6 is 0 Å². The minimum absolute atomic E-state index is 0.542. The average Bonchev–Trinajstić information content (AvgIpc) is 3.00. The molecule has 1 saturated heterocycles. The van der Waals surface area contributed by atoms with E-state index in [1.54, 1.807) is 0 Å². The maximum Gasteiger partial charge on any atom is 0.228 e. The molecule has 1 saturated carbocycles. The van der Waals surface area contributed by atoms with E-state index >= 15 is 0 Å². The minimum Gasteiger partial charge on any atom is -0.339 e. The first-order valence-corrected chi connectivity index (χ1v) is 6.97. The molecule has 2 fully saturated rings. The monoisotopic (exact) mass is 235 g/mol. The third-order valence-corrected chi connectivity index (χ3v) is 4.04. The average molecular weight is 235 g/mol. The van der Waals surface area contributed by atoms with Gasteiger partial charge in [-0.05, 0) is 32.2 Å². The van der Waals surface area contributed by atoms with Gasteiger partial charge in [0.2, 0.25) is 5.89 Å². The maximum atomic E-state index is 5.38. The van der Waals surface area contributed by atoms with Gasteiger partial charge >= 0.3 is 0 Å². The molecular formula is C13H21N3O. The van der Waals surface area contributed by atoms with Crippen molar-refractivity contribution in [1.29, 1.82) is 0 Å². The Morgan fingerprint density at radius 3 is 2.71 bits per heavy atom. The van der Waals surface area contributed by atoms with E-state index in [9.17, 15) is 0 Å². The van der Waals surface area contributed by atoms with E-state index in [0.29, 0.717) is 12.0 Å². The van der Waals surface area contributed by atoms with Crippen LogP contribution in [0.3, 0.4) is 0 Å². The smallest absolute Gasteiger partial charge is 0.228 e. The van der Waals surface area contributed by atoms with Gasteiger partial charge in [-0.25, -0.2) is 0 Å². The Kier molecular flexibility index (Phi) is 3.41. The van der Waals surface area contributed by atoms with Crippen molar-refractivity contribution in [2.75, 3.05) is 6.54 Å². The molecular weight excluding hydrogens is 214 g/mol. The van der Waals surface area contributed by atoms with Gasteiger partial charge in [-0.15, -0.1) is 0 Å². The highest BCUT2D eigenvalue weighted by atomic mass is 16.5. The van der Waals surface area contributed by atoms with Crippen LogP contribution in [0.25, 0.3) is 0 Å². The lowest BCUT2D eigenvalue weighted by atomic mass is 10.0. The zero-order chi connectivity index (χ0) is 11.5. The molecule has 0 spiro atoms. The van der Waals surface area contributed by atoms with Crippen molar-refractivity contribution in [1.82, 2.24) is 15.5 Å². The van der Waals surface area contributed by atoms with Gasteiger partial charge in [-0.3, -0.25) is 0 Å². The molecule has 4 heteroatoms. The molecule has 17 heavy (non-hydrogen) atoms. The van der Waals surface area contributed by atoms with Gasteiger partial charge in [-0.1, -0.05) is 24.4 Å². The van der Waals surface area contributed by atoms with E-state index in [-0.39, 0.29) is 0 Å². The summed E-state index contributed by atoms with van der Waals surface area (Å²) in [4.78, 5) is 4.57. The summed E-state index contributed by atoms with van der Waals surface area (Å²) in [6.07, 6.45) is 9.87. The number of rotatable bonds is 3. The highest BCUT2D eigenvalue weighted by Gasteiger charge is 2.23. The number of hydrogen-bond acceptors (Lipinski definition) is 4. The molecule has 0 amide bonds. The topological polar surface area (TPSA) is 51.0 Å². The summed E-state index contributed by atoms with van der Waals surface area (Å²) in [6.45, 7) is 1.13. The van der Waals surface area contributed by atoms with Crippen LogP contribution in [-0.2, 0) is 6.42 Å². The third kappa shape index (κ3) is 2.68. The number of aromatic nitrogens is 2. The fourth-order valence-corrected chi connectivity index (χ4v) is 3.01. The van der Waals surface area contributed by atoms with Gasteiger partial charge < -0.3 is 9.84 Å². The number of nitrogens with zero attached hydrogens (tertiary/aromatic N) is 2. The second-order valence-electron chi connectivity index (χ2n) is 5.38. The van der Waals surface area contributed by atoms with Crippen molar-refractivity contribution < 1.29 is 4.52 Å². The molecule has 1 aromatic rings. The lowest BCUT2D eigenvalue weighted by Crippen LogP contribution is -2.35. The fourth-order valence-electron chi connectivity index (χ4n) is 3.01. The molecule has 2 heterocycles. The van der Waals surface area contributed by atoms with Crippen molar-refractivity contribution in [2.45, 2.75) is 63.3 Å². The normalized spacial score (nSPS) is 26.5. The lowest BCUT2D eigenvalue weighted by molar-refractivity contribution is 0.328. The summed E-state index contributed by atoms with van der Waals surface area (Å²) < 4.78 is 5.38. The van der Waals surface area contributed by atoms with E-state index < -0.39 is 0 Å². The van der Waals surface area contributed by atoms with Crippen molar-refractivity contribution in [2.24, 2.45) is 0 Å². The van der Waals surface area contributed by atoms with Crippen LogP contribution in [0.2, 0.25) is 0 Å². The highest BCUT2D eigenvalue weighted by molar-refractivity contribution is 4.99. The van der Waals surface area contributed by atoms with Crippen molar-refractivity contribution in [3.63, 3.8) is 0 Å². The van der Waals surface area contributed by atoms with Gasteiger partial charge in [0.1, 0.15) is 0 Å². The number of piperidine rings is 1. The van der Waals surface area contributed by atoms with Crippen LogP contribution < -0.4 is 5.32 Å². The standard InChI is InChI=1S/C13H21N3O/c1-2-6-10(5-1)13-15-12(17-16-13)9-11-7-3-4-8-14-11/h10-11,14H,1-9H2/t11-/m0/s1. The van der Waals surface area contributed by atoms with E-state index in [1.165, 1.54) is 44.9 Å². The van der Waals surface area contributed by atoms with Crippen LogP contribution in [-0.4, -0.2) is 22.7 Å². The van der Waals surface area contributed by atoms with Crippen LogP contribution in [0.1, 0.15) is 62.6 Å². The van der Waals surface area contributed by atoms with Crippen LogP contribution in [0.4, 0.5) is 0 Å². The first kappa shape index (κ1) is 11.2. The minimum atomic E-state index is 0.542. The molecule has 94 valence electrons. The van der Waals surface area contributed by atoms with Crippen LogP contribution in [0.15, 0.2) is 4.52 Å². The summed E-state index contributed by atoms with van der Waals surface area (Å²) in [5, 5.41) is 7.67. The zero-order valence-electron chi connectivity index (χ0n) is 10.3. The Morgan fingerprint density at radius 2 is 1.94 bits per heavy atom. The largest absolute Gasteiger partial charge is 0.339 e. The summed E-state index contributed by atoms with van der Waals surface area (Å²) in [5.41, 5.74) is 0. The van der Waals surface area contributed by atoms with E-state index in [2.05, 4.69) is 15.5 Å². The molecule has 1 aromatic heterocycles. The lowest BCUT2D eigenvalue weighted by Gasteiger charge is -2.21. The molecule has 0 unspecified atom stereocenters. The second-order valence-corrected chi connectivity index (χ2v) is 5.38. The van der Waals surface area contributed by atoms with E-state index in [1.807, 2.05) is 0 Å². The Balaban J connectivity index is 1.59. The fraction of sp³-hybridized carbons (Fsp3) is 0.846. The number of nitrogens with one attached hydrogen (secondary N) is 1. The Labute approximate surface area is 102 Å². The summed E-state index contributed by atoms with van der Waals surface area (Å²) in [7, 11) is 0. The van der Waals surface area contributed by atoms with Gasteiger partial charge in [-0.2, -0.15) is 4.98 Å². The predicted octanol–water partition coefficient (Wildman–Crippen LogP) is 2.41. The first-order chi connectivity index (χ1) is 8.42. The third-order valence-electron chi connectivity index (χ3n) is 4.04. The second kappa shape index (κ2) is 5.17. The SMILES string of the molecule is C1CC[C@@H](Cc2nc(C3CCCC3)no2)NC1. The summed E-state index contributed by atoms with van der Waals surface area (Å²) >= 11 is 0. The van der Waals surface area contributed by atoms with Gasteiger partial charge in [0.25, 0.3) is 0 Å². The molecule has 0 radical (unpaired) electrons. The Hall–Kier alpha value is -0.900. The first-order valence-electron chi connectivity index (χ1n) is 6.97. The number of hydrogen-bond donors (Lipinski definition) is 1. The van der Waals surface area contributed by atoms with Crippen molar-refractivity contribution >= 4 is 0 Å². The Bertz CT molecular complexity index is 351. The molecule has 3 rings (SSSR count).